The Morgan fingerprint density at radius 2 is 1.32 bits per heavy atom. The van der Waals surface area contributed by atoms with Crippen molar-refractivity contribution in [2.24, 2.45) is 6.98 Å². The Hall–Kier alpha value is -6.66. The maximum absolute atomic E-state index is 8.12. The van der Waals surface area contributed by atoms with Crippen molar-refractivity contribution < 1.29 is 13.4 Å². The van der Waals surface area contributed by atoms with Gasteiger partial charge in [0, 0.05) is 50.6 Å². The Morgan fingerprint density at radius 3 is 2.19 bits per heavy atom. The summed E-state index contributed by atoms with van der Waals surface area (Å²) in [4.78, 5) is 4.98. The van der Waals surface area contributed by atoms with Crippen LogP contribution in [0.3, 0.4) is 0 Å². The van der Waals surface area contributed by atoms with Crippen molar-refractivity contribution in [1.82, 2.24) is 18.5 Å². The number of aryl methyl sites for hydroxylation is 1. The molecule has 0 N–H and O–H groups in total. The maximum Gasteiger partial charge on any atom is 0.249 e. The molecule has 5 heterocycles. The van der Waals surface area contributed by atoms with Crippen molar-refractivity contribution >= 4 is 70.9 Å². The number of fused-ring (bicyclic) bond motifs is 10. The van der Waals surface area contributed by atoms with Gasteiger partial charge < -0.3 is 9.14 Å². The molecule has 0 spiro atoms. The molecule has 254 valence electrons. The van der Waals surface area contributed by atoms with Crippen molar-refractivity contribution in [3.63, 3.8) is 0 Å². The van der Waals surface area contributed by atoms with E-state index in [9.17, 15) is 0 Å². The van der Waals surface area contributed by atoms with E-state index < -0.39 is 6.98 Å². The van der Waals surface area contributed by atoms with Crippen molar-refractivity contribution in [2.45, 2.75) is 26.2 Å². The topological polar surface area (TPSA) is 40.3 Å². The number of para-hydroxylation sites is 4. The molecule has 0 unspecified atom stereocenters. The molecule has 0 saturated heterocycles. The third-order valence-electron chi connectivity index (χ3n) is 10.9. The number of rotatable bonds is 4. The molecule has 11 rings (SSSR count). The van der Waals surface area contributed by atoms with Crippen LogP contribution in [0.1, 0.15) is 30.4 Å². The lowest BCUT2D eigenvalue weighted by molar-refractivity contribution is -0.645. The lowest BCUT2D eigenvalue weighted by Gasteiger charge is -2.20. The first-order valence-corrected chi connectivity index (χ1v) is 18.0. The van der Waals surface area contributed by atoms with E-state index in [1.54, 1.807) is 6.33 Å². The van der Waals surface area contributed by atoms with Gasteiger partial charge >= 0.3 is 0 Å². The van der Waals surface area contributed by atoms with E-state index in [1.807, 2.05) is 65.4 Å². The van der Waals surface area contributed by atoms with Crippen molar-refractivity contribution in [1.29, 1.82) is 0 Å². The van der Waals surface area contributed by atoms with E-state index in [1.165, 1.54) is 42.7 Å². The monoisotopic (exact) mass is 689 g/mol. The molecule has 0 saturated carbocycles. The average molecular weight is 690 g/mol. The third kappa shape index (κ3) is 4.32. The summed E-state index contributed by atoms with van der Waals surface area (Å²) in [5, 5.41) is 7.22. The van der Waals surface area contributed by atoms with E-state index in [-0.39, 0.29) is 5.41 Å². The van der Waals surface area contributed by atoms with Gasteiger partial charge in [-0.3, -0.25) is 4.57 Å². The van der Waals surface area contributed by atoms with Crippen molar-refractivity contribution in [3.05, 3.63) is 152 Å². The van der Waals surface area contributed by atoms with Crippen LogP contribution in [0.2, 0.25) is 0 Å². The summed E-state index contributed by atoms with van der Waals surface area (Å²) >= 11 is 0. The SMILES string of the molecule is [2H]C([2H])([2H])[n+]1cn(-c2cccc(Oc3ccc4c5cc6c7cccc8c9ccccc9n(c6cc5n(-c5cc(C(C)(C)C)ccn5)c4c3)c87)c2)c2ccccc21. The molecule has 53 heavy (non-hydrogen) atoms. The van der Waals surface area contributed by atoms with Gasteiger partial charge in [0.2, 0.25) is 6.33 Å². The fourth-order valence-electron chi connectivity index (χ4n) is 8.39. The molecule has 0 fully saturated rings. The van der Waals surface area contributed by atoms with Gasteiger partial charge in [-0.25, -0.2) is 9.55 Å². The third-order valence-corrected chi connectivity index (χ3v) is 10.9. The van der Waals surface area contributed by atoms with Crippen LogP contribution in [0.15, 0.2) is 146 Å². The molecule has 6 nitrogen and oxygen atoms in total. The summed E-state index contributed by atoms with van der Waals surface area (Å²) in [6, 6.07) is 45.8. The van der Waals surface area contributed by atoms with Gasteiger partial charge in [-0.15, -0.1) is 0 Å². The van der Waals surface area contributed by atoms with E-state index in [0.717, 1.165) is 44.3 Å². The molecule has 0 amide bonds. The maximum atomic E-state index is 8.12. The summed E-state index contributed by atoms with van der Waals surface area (Å²) in [6.45, 7) is 4.36. The predicted molar refractivity (Wildman–Crippen MR) is 216 cm³/mol. The molecular formula is C47H36N5O+. The number of hydrogen-bond donors (Lipinski definition) is 0. The van der Waals surface area contributed by atoms with E-state index in [2.05, 4.69) is 109 Å². The predicted octanol–water partition coefficient (Wildman–Crippen LogP) is 11.2. The second-order valence-electron chi connectivity index (χ2n) is 15.1. The first kappa shape index (κ1) is 27.1. The van der Waals surface area contributed by atoms with Gasteiger partial charge in [-0.05, 0) is 77.7 Å². The number of imidazole rings is 1. The zero-order valence-electron chi connectivity index (χ0n) is 32.5. The molecule has 0 aliphatic carbocycles. The van der Waals surface area contributed by atoms with Gasteiger partial charge in [-0.1, -0.05) is 75.4 Å². The Balaban J connectivity index is 1.12. The molecule has 6 aromatic carbocycles. The summed E-state index contributed by atoms with van der Waals surface area (Å²) < 4.78 is 38.9. The minimum absolute atomic E-state index is 0.0674. The molecular weight excluding hydrogens is 651 g/mol. The lowest BCUT2D eigenvalue weighted by Crippen LogP contribution is -2.25. The summed E-state index contributed by atoms with van der Waals surface area (Å²) in [5.74, 6) is 2.16. The smallest absolute Gasteiger partial charge is 0.249 e. The number of hydrogen-bond acceptors (Lipinski definition) is 2. The van der Waals surface area contributed by atoms with Crippen LogP contribution in [0.5, 0.6) is 11.5 Å². The highest BCUT2D eigenvalue weighted by molar-refractivity contribution is 6.26. The minimum atomic E-state index is -2.32. The number of ether oxygens (including phenoxy) is 1. The molecule has 6 heteroatoms. The summed E-state index contributed by atoms with van der Waals surface area (Å²) in [5.41, 5.74) is 9.01. The summed E-state index contributed by atoms with van der Waals surface area (Å²) in [6.07, 6.45) is 3.55. The first-order chi connectivity index (χ1) is 27.0. The van der Waals surface area contributed by atoms with Crippen molar-refractivity contribution in [2.75, 3.05) is 0 Å². The fourth-order valence-corrected chi connectivity index (χ4v) is 8.39. The molecule has 0 aliphatic heterocycles. The average Bonchev–Trinajstić information content (AvgIpc) is 3.93. The fraction of sp³-hybridized carbons (Fsp3) is 0.106. The van der Waals surface area contributed by atoms with Crippen LogP contribution in [-0.2, 0) is 12.4 Å². The minimum Gasteiger partial charge on any atom is -0.457 e. The molecule has 0 radical (unpaired) electrons. The highest BCUT2D eigenvalue weighted by atomic mass is 16.5. The van der Waals surface area contributed by atoms with Crippen LogP contribution in [-0.4, -0.2) is 18.5 Å². The Kier molecular flexibility index (Phi) is 5.45. The van der Waals surface area contributed by atoms with Gasteiger partial charge in [-0.2, -0.15) is 4.57 Å². The first-order valence-electron chi connectivity index (χ1n) is 19.5. The highest BCUT2D eigenvalue weighted by Gasteiger charge is 2.23. The molecule has 0 bridgehead atoms. The zero-order chi connectivity index (χ0) is 38.1. The number of nitrogens with zero attached hydrogens (tertiary/aromatic N) is 5. The highest BCUT2D eigenvalue weighted by Crippen LogP contribution is 2.43. The Morgan fingerprint density at radius 1 is 0.604 bits per heavy atom. The van der Waals surface area contributed by atoms with E-state index in [4.69, 9.17) is 13.8 Å². The van der Waals surface area contributed by atoms with Gasteiger partial charge in [0.15, 0.2) is 11.0 Å². The molecule has 0 atom stereocenters. The molecule has 0 aliphatic rings. The van der Waals surface area contributed by atoms with Crippen LogP contribution in [0, 0.1) is 0 Å². The molecule has 5 aromatic heterocycles. The van der Waals surface area contributed by atoms with Gasteiger partial charge in [0.05, 0.1) is 38.7 Å². The molecule has 11 aromatic rings. The van der Waals surface area contributed by atoms with Gasteiger partial charge in [0.1, 0.15) is 23.0 Å². The van der Waals surface area contributed by atoms with Crippen LogP contribution < -0.4 is 9.30 Å². The largest absolute Gasteiger partial charge is 0.457 e. The lowest BCUT2D eigenvalue weighted by atomic mass is 9.88. The quantitative estimate of drug-likeness (QED) is 0.173. The number of benzene rings is 6. The van der Waals surface area contributed by atoms with Gasteiger partial charge in [0.25, 0.3) is 0 Å². The van der Waals surface area contributed by atoms with Crippen LogP contribution in [0.4, 0.5) is 0 Å². The second-order valence-corrected chi connectivity index (χ2v) is 15.1. The zero-order valence-corrected chi connectivity index (χ0v) is 29.5. The standard InChI is InChI=1S/C47H36N5O/c1-47(2,3)29-21-22-48-45(23-29)51-42-25-32(53-31-12-9-11-30(24-31)50-28-49(4)40-17-7-8-18-41(40)50)19-20-34(42)37-26-38-36-15-10-14-35-33-13-5-6-16-39(33)52(46(35)36)44(38)27-43(37)51/h5-28H,1-4H3/q+1/i4D3. The van der Waals surface area contributed by atoms with Crippen LogP contribution >= 0.6 is 0 Å². The number of pyridine rings is 1. The normalized spacial score (nSPS) is 13.6. The van der Waals surface area contributed by atoms with E-state index in [0.29, 0.717) is 17.0 Å². The Labute approximate surface area is 309 Å². The van der Waals surface area contributed by atoms with Crippen LogP contribution in [0.25, 0.3) is 82.4 Å². The van der Waals surface area contributed by atoms with E-state index >= 15 is 0 Å². The Bertz CT molecular complexity index is 3380. The second kappa shape index (κ2) is 10.7. The summed E-state index contributed by atoms with van der Waals surface area (Å²) in [7, 11) is 0. The van der Waals surface area contributed by atoms with Crippen molar-refractivity contribution in [3.8, 4) is 23.0 Å². The number of aromatic nitrogens is 5.